The number of hydrogen-bond donors (Lipinski definition) is 0. The van der Waals surface area contributed by atoms with Crippen LogP contribution in [0.4, 0.5) is 4.39 Å². The minimum atomic E-state index is -0.215. The van der Waals surface area contributed by atoms with Crippen LogP contribution in [-0.4, -0.2) is 5.71 Å². The van der Waals surface area contributed by atoms with Crippen molar-refractivity contribution in [2.45, 2.75) is 27.2 Å². The molecular weight excluding hydrogens is 141 g/mol. The van der Waals surface area contributed by atoms with Crippen LogP contribution in [-0.2, 0) is 0 Å². The van der Waals surface area contributed by atoms with E-state index >= 15 is 0 Å². The standard InChI is InChI=1S/C9H14FN/c1-5-7(3)9(10)8(4)11-6-2/h6H,2,5H2,1,3-4H3/b9-7+,11-8?. The van der Waals surface area contributed by atoms with E-state index in [-0.39, 0.29) is 5.83 Å². The van der Waals surface area contributed by atoms with Gasteiger partial charge in [0.25, 0.3) is 0 Å². The molecule has 0 aliphatic rings. The van der Waals surface area contributed by atoms with Gasteiger partial charge in [0.05, 0.1) is 5.71 Å². The highest BCUT2D eigenvalue weighted by atomic mass is 19.1. The minimum Gasteiger partial charge on any atom is -0.259 e. The zero-order chi connectivity index (χ0) is 8.85. The quantitative estimate of drug-likeness (QED) is 0.555. The first-order valence-corrected chi connectivity index (χ1v) is 3.64. The number of aliphatic imine (C=N–C) groups is 1. The van der Waals surface area contributed by atoms with E-state index in [2.05, 4.69) is 11.6 Å². The van der Waals surface area contributed by atoms with Gasteiger partial charge in [-0.2, -0.15) is 0 Å². The number of halogens is 1. The summed E-state index contributed by atoms with van der Waals surface area (Å²) in [6, 6.07) is 0. The molecule has 1 nitrogen and oxygen atoms in total. The summed E-state index contributed by atoms with van der Waals surface area (Å²) in [5.74, 6) is -0.215. The van der Waals surface area contributed by atoms with Gasteiger partial charge in [0.2, 0.25) is 0 Å². The van der Waals surface area contributed by atoms with Crippen LogP contribution < -0.4 is 0 Å². The lowest BCUT2D eigenvalue weighted by atomic mass is 10.2. The molecule has 0 fully saturated rings. The number of hydrogen-bond acceptors (Lipinski definition) is 1. The fourth-order valence-electron chi connectivity index (χ4n) is 0.658. The van der Waals surface area contributed by atoms with Crippen molar-refractivity contribution in [2.75, 3.05) is 0 Å². The third kappa shape index (κ3) is 3.12. The van der Waals surface area contributed by atoms with Gasteiger partial charge in [-0.05, 0) is 25.8 Å². The summed E-state index contributed by atoms with van der Waals surface area (Å²) in [5.41, 5.74) is 1.13. The van der Waals surface area contributed by atoms with Crippen molar-refractivity contribution in [2.24, 2.45) is 4.99 Å². The van der Waals surface area contributed by atoms with Gasteiger partial charge in [-0.25, -0.2) is 4.39 Å². The molecule has 0 spiro atoms. The van der Waals surface area contributed by atoms with Crippen LogP contribution in [0.2, 0.25) is 0 Å². The Balaban J connectivity index is 4.58. The summed E-state index contributed by atoms with van der Waals surface area (Å²) in [6.07, 6.45) is 2.06. The monoisotopic (exact) mass is 155 g/mol. The van der Waals surface area contributed by atoms with Crippen LogP contribution in [0.1, 0.15) is 27.2 Å². The van der Waals surface area contributed by atoms with Gasteiger partial charge < -0.3 is 0 Å². The van der Waals surface area contributed by atoms with E-state index in [1.165, 1.54) is 6.20 Å². The molecule has 0 heterocycles. The van der Waals surface area contributed by atoms with E-state index in [0.29, 0.717) is 5.71 Å². The highest BCUT2D eigenvalue weighted by Crippen LogP contribution is 2.10. The maximum absolute atomic E-state index is 13.1. The van der Waals surface area contributed by atoms with Crippen LogP contribution in [0.3, 0.4) is 0 Å². The van der Waals surface area contributed by atoms with Crippen LogP contribution in [0, 0.1) is 0 Å². The highest BCUT2D eigenvalue weighted by Gasteiger charge is 2.01. The van der Waals surface area contributed by atoms with Gasteiger partial charge in [-0.1, -0.05) is 13.5 Å². The minimum absolute atomic E-state index is 0.215. The summed E-state index contributed by atoms with van der Waals surface area (Å²) < 4.78 is 13.1. The van der Waals surface area contributed by atoms with Gasteiger partial charge in [0, 0.05) is 6.20 Å². The lowest BCUT2D eigenvalue weighted by Gasteiger charge is -1.99. The second-order valence-corrected chi connectivity index (χ2v) is 2.34. The van der Waals surface area contributed by atoms with Gasteiger partial charge in [0.1, 0.15) is 5.83 Å². The molecule has 0 atom stereocenters. The smallest absolute Gasteiger partial charge is 0.143 e. The molecule has 0 aromatic heterocycles. The first kappa shape index (κ1) is 10.1. The van der Waals surface area contributed by atoms with Crippen LogP contribution >= 0.6 is 0 Å². The van der Waals surface area contributed by atoms with E-state index in [1.54, 1.807) is 13.8 Å². The molecule has 11 heavy (non-hydrogen) atoms. The molecule has 0 N–H and O–H groups in total. The predicted molar refractivity (Wildman–Crippen MR) is 47.4 cm³/mol. The van der Waals surface area contributed by atoms with Crippen molar-refractivity contribution in [3.05, 3.63) is 24.2 Å². The maximum Gasteiger partial charge on any atom is 0.143 e. The molecule has 2 heteroatoms. The second-order valence-electron chi connectivity index (χ2n) is 2.34. The SMILES string of the molecule is C=CN=C(C)/C(F)=C(/C)CC. The van der Waals surface area contributed by atoms with E-state index < -0.39 is 0 Å². The average Bonchev–Trinajstić information content (AvgIpc) is 2.02. The van der Waals surface area contributed by atoms with E-state index in [4.69, 9.17) is 0 Å². The molecule has 0 amide bonds. The molecule has 0 saturated heterocycles. The Morgan fingerprint density at radius 1 is 1.55 bits per heavy atom. The van der Waals surface area contributed by atoms with Crippen LogP contribution in [0.25, 0.3) is 0 Å². The maximum atomic E-state index is 13.1. The Bertz CT molecular complexity index is 202. The van der Waals surface area contributed by atoms with Crippen LogP contribution in [0.5, 0.6) is 0 Å². The summed E-state index contributed by atoms with van der Waals surface area (Å²) in [7, 11) is 0. The normalized spacial score (nSPS) is 14.4. The Morgan fingerprint density at radius 3 is 2.45 bits per heavy atom. The number of rotatable bonds is 3. The Kier molecular flexibility index (Phi) is 4.42. The average molecular weight is 155 g/mol. The Morgan fingerprint density at radius 2 is 2.09 bits per heavy atom. The van der Waals surface area contributed by atoms with E-state index in [1.807, 2.05) is 6.92 Å². The molecule has 0 unspecified atom stereocenters. The topological polar surface area (TPSA) is 12.4 Å². The van der Waals surface area contributed by atoms with Crippen molar-refractivity contribution in [1.82, 2.24) is 0 Å². The van der Waals surface area contributed by atoms with Gasteiger partial charge in [-0.15, -0.1) is 0 Å². The van der Waals surface area contributed by atoms with Gasteiger partial charge in [-0.3, -0.25) is 4.99 Å². The zero-order valence-corrected chi connectivity index (χ0v) is 7.32. The third-order valence-corrected chi connectivity index (χ3v) is 1.51. The molecule has 0 radical (unpaired) electrons. The molecule has 0 aromatic carbocycles. The molecule has 0 aromatic rings. The van der Waals surface area contributed by atoms with Crippen molar-refractivity contribution < 1.29 is 4.39 Å². The Labute approximate surface area is 67.3 Å². The first-order valence-electron chi connectivity index (χ1n) is 3.64. The first-order chi connectivity index (χ1) is 5.13. The van der Waals surface area contributed by atoms with Crippen molar-refractivity contribution >= 4 is 5.71 Å². The highest BCUT2D eigenvalue weighted by molar-refractivity contribution is 5.97. The second kappa shape index (κ2) is 4.83. The summed E-state index contributed by atoms with van der Waals surface area (Å²) in [4.78, 5) is 3.74. The molecule has 0 aliphatic carbocycles. The fourth-order valence-corrected chi connectivity index (χ4v) is 0.658. The fraction of sp³-hybridized carbons (Fsp3) is 0.444. The molecule has 0 aliphatic heterocycles. The van der Waals surface area contributed by atoms with Gasteiger partial charge in [0.15, 0.2) is 0 Å². The van der Waals surface area contributed by atoms with Crippen molar-refractivity contribution in [1.29, 1.82) is 0 Å². The molecule has 0 bridgehead atoms. The van der Waals surface area contributed by atoms with E-state index in [0.717, 1.165) is 12.0 Å². The molecule has 62 valence electrons. The van der Waals surface area contributed by atoms with Crippen molar-refractivity contribution in [3.63, 3.8) is 0 Å². The number of nitrogens with zero attached hydrogens (tertiary/aromatic N) is 1. The summed E-state index contributed by atoms with van der Waals surface area (Å²) in [6.45, 7) is 8.70. The summed E-state index contributed by atoms with van der Waals surface area (Å²) >= 11 is 0. The zero-order valence-electron chi connectivity index (χ0n) is 7.32. The lowest BCUT2D eigenvalue weighted by Crippen LogP contribution is -1.94. The van der Waals surface area contributed by atoms with Crippen molar-refractivity contribution in [3.8, 4) is 0 Å². The molecular formula is C9H14FN. The summed E-state index contributed by atoms with van der Waals surface area (Å²) in [5, 5.41) is 0. The van der Waals surface area contributed by atoms with Gasteiger partial charge >= 0.3 is 0 Å². The lowest BCUT2D eigenvalue weighted by molar-refractivity contribution is 0.661. The molecule has 0 rings (SSSR count). The predicted octanol–water partition coefficient (Wildman–Crippen LogP) is 3.24. The Hall–Kier alpha value is -0.920. The van der Waals surface area contributed by atoms with E-state index in [9.17, 15) is 4.39 Å². The number of allylic oxidation sites excluding steroid dienone is 2. The molecule has 0 saturated carbocycles. The van der Waals surface area contributed by atoms with Crippen LogP contribution in [0.15, 0.2) is 29.2 Å². The third-order valence-electron chi connectivity index (χ3n) is 1.51. The largest absolute Gasteiger partial charge is 0.259 e.